The minimum atomic E-state index is -0.498. The summed E-state index contributed by atoms with van der Waals surface area (Å²) in [4.78, 5) is 0. The molecule has 1 heterocycles. The monoisotopic (exact) mass is 272 g/mol. The van der Waals surface area contributed by atoms with Gasteiger partial charge in [0.1, 0.15) is 11.6 Å². The van der Waals surface area contributed by atoms with Crippen LogP contribution in [0.1, 0.15) is 5.69 Å². The van der Waals surface area contributed by atoms with Crippen molar-refractivity contribution in [1.82, 2.24) is 10.2 Å². The van der Waals surface area contributed by atoms with Gasteiger partial charge in [-0.25, -0.2) is 4.39 Å². The van der Waals surface area contributed by atoms with Gasteiger partial charge in [0.25, 0.3) is 0 Å². The minimum absolute atomic E-state index is 0.00663. The Balaban J connectivity index is 2.16. The molecule has 1 aromatic carbocycles. The van der Waals surface area contributed by atoms with Gasteiger partial charge in [-0.3, -0.25) is 0 Å². The van der Waals surface area contributed by atoms with Crippen molar-refractivity contribution < 1.29 is 9.13 Å². The van der Waals surface area contributed by atoms with Gasteiger partial charge < -0.3 is 4.74 Å². The quantitative estimate of drug-likeness (QED) is 0.798. The summed E-state index contributed by atoms with van der Waals surface area (Å²) in [6, 6.07) is 7.37. The van der Waals surface area contributed by atoms with Gasteiger partial charge in [-0.1, -0.05) is 11.6 Å². The van der Waals surface area contributed by atoms with E-state index in [1.807, 2.05) is 0 Å². The fraction of sp³-hybridized carbons (Fsp3) is 0.0909. The summed E-state index contributed by atoms with van der Waals surface area (Å²) >= 11 is 11.2. The zero-order valence-corrected chi connectivity index (χ0v) is 10.0. The fourth-order valence-corrected chi connectivity index (χ4v) is 1.45. The van der Waals surface area contributed by atoms with Gasteiger partial charge >= 0.3 is 0 Å². The van der Waals surface area contributed by atoms with Crippen LogP contribution in [0.15, 0.2) is 30.3 Å². The maximum Gasteiger partial charge on any atom is 0.238 e. The highest BCUT2D eigenvalue weighted by molar-refractivity contribution is 6.30. The van der Waals surface area contributed by atoms with Crippen LogP contribution in [-0.2, 0) is 5.88 Å². The largest absolute Gasteiger partial charge is 0.437 e. The van der Waals surface area contributed by atoms with Crippen molar-refractivity contribution in [3.8, 4) is 11.6 Å². The number of nitrogens with zero attached hydrogens (tertiary/aromatic N) is 2. The van der Waals surface area contributed by atoms with Gasteiger partial charge in [0.05, 0.1) is 16.6 Å². The molecule has 0 aliphatic carbocycles. The smallest absolute Gasteiger partial charge is 0.238 e. The summed E-state index contributed by atoms with van der Waals surface area (Å²) in [5, 5.41) is 7.62. The van der Waals surface area contributed by atoms with E-state index in [9.17, 15) is 4.39 Å². The first-order valence-electron chi connectivity index (χ1n) is 4.70. The van der Waals surface area contributed by atoms with Crippen LogP contribution in [0.25, 0.3) is 0 Å². The average molecular weight is 273 g/mol. The Hall–Kier alpha value is -1.39. The number of ether oxygens (including phenoxy) is 1. The normalized spacial score (nSPS) is 10.3. The molecule has 0 saturated heterocycles. The van der Waals surface area contributed by atoms with Crippen molar-refractivity contribution in [2.45, 2.75) is 5.88 Å². The first-order chi connectivity index (χ1) is 8.19. The lowest BCUT2D eigenvalue weighted by atomic mass is 10.3. The van der Waals surface area contributed by atoms with E-state index >= 15 is 0 Å². The Kier molecular flexibility index (Phi) is 3.76. The molecule has 0 saturated carbocycles. The molecule has 0 atom stereocenters. The standard InChI is InChI=1S/C11H7Cl2FN2O/c12-6-7-1-4-11(16-15-7)17-8-2-3-10(14)9(13)5-8/h1-5H,6H2. The fourth-order valence-electron chi connectivity index (χ4n) is 1.13. The number of rotatable bonds is 3. The van der Waals surface area contributed by atoms with Crippen molar-refractivity contribution in [2.75, 3.05) is 0 Å². The lowest BCUT2D eigenvalue weighted by molar-refractivity contribution is 0.453. The van der Waals surface area contributed by atoms with E-state index in [0.29, 0.717) is 17.3 Å². The molecule has 0 N–H and O–H groups in total. The van der Waals surface area contributed by atoms with E-state index in [4.69, 9.17) is 27.9 Å². The van der Waals surface area contributed by atoms with Crippen LogP contribution in [0.3, 0.4) is 0 Å². The molecular weight excluding hydrogens is 266 g/mol. The third-order valence-corrected chi connectivity index (χ3v) is 2.51. The lowest BCUT2D eigenvalue weighted by Gasteiger charge is -2.04. The van der Waals surface area contributed by atoms with Gasteiger partial charge in [-0.2, -0.15) is 5.10 Å². The van der Waals surface area contributed by atoms with Crippen molar-refractivity contribution in [3.05, 3.63) is 46.9 Å². The van der Waals surface area contributed by atoms with Crippen molar-refractivity contribution >= 4 is 23.2 Å². The lowest BCUT2D eigenvalue weighted by Crippen LogP contribution is -1.93. The average Bonchev–Trinajstić information content (AvgIpc) is 2.35. The molecule has 0 fully saturated rings. The molecule has 0 spiro atoms. The zero-order chi connectivity index (χ0) is 12.3. The Morgan fingerprint density at radius 3 is 2.59 bits per heavy atom. The molecule has 0 bridgehead atoms. The number of aromatic nitrogens is 2. The number of hydrogen-bond acceptors (Lipinski definition) is 3. The Morgan fingerprint density at radius 2 is 2.00 bits per heavy atom. The first-order valence-corrected chi connectivity index (χ1v) is 5.62. The summed E-state index contributed by atoms with van der Waals surface area (Å²) in [6.07, 6.45) is 0. The summed E-state index contributed by atoms with van der Waals surface area (Å²) in [7, 11) is 0. The van der Waals surface area contributed by atoms with E-state index in [0.717, 1.165) is 0 Å². The predicted octanol–water partition coefficient (Wildman–Crippen LogP) is 3.80. The van der Waals surface area contributed by atoms with Crippen molar-refractivity contribution in [2.24, 2.45) is 0 Å². The van der Waals surface area contributed by atoms with Crippen LogP contribution < -0.4 is 4.74 Å². The third kappa shape index (κ3) is 3.05. The molecule has 6 heteroatoms. The zero-order valence-electron chi connectivity index (χ0n) is 8.53. The van der Waals surface area contributed by atoms with Gasteiger partial charge in [0.15, 0.2) is 0 Å². The Morgan fingerprint density at radius 1 is 1.18 bits per heavy atom. The Bertz CT molecular complexity index is 519. The van der Waals surface area contributed by atoms with Crippen molar-refractivity contribution in [3.63, 3.8) is 0 Å². The number of halogens is 3. The van der Waals surface area contributed by atoms with E-state index < -0.39 is 5.82 Å². The molecule has 2 aromatic rings. The predicted molar refractivity (Wildman–Crippen MR) is 63.1 cm³/mol. The second kappa shape index (κ2) is 5.29. The van der Waals surface area contributed by atoms with E-state index in [1.54, 1.807) is 12.1 Å². The second-order valence-electron chi connectivity index (χ2n) is 3.17. The molecule has 1 aromatic heterocycles. The van der Waals surface area contributed by atoms with Gasteiger partial charge in [0, 0.05) is 12.1 Å². The summed E-state index contributed by atoms with van der Waals surface area (Å²) in [6.45, 7) is 0. The third-order valence-electron chi connectivity index (χ3n) is 1.95. The molecule has 0 radical (unpaired) electrons. The number of alkyl halides is 1. The molecule has 17 heavy (non-hydrogen) atoms. The van der Waals surface area contributed by atoms with Crippen molar-refractivity contribution in [1.29, 1.82) is 0 Å². The summed E-state index contributed by atoms with van der Waals surface area (Å²) in [5.74, 6) is 0.476. The Labute approximate surface area is 107 Å². The summed E-state index contributed by atoms with van der Waals surface area (Å²) in [5.41, 5.74) is 0.649. The van der Waals surface area contributed by atoms with Crippen LogP contribution in [0.4, 0.5) is 4.39 Å². The van der Waals surface area contributed by atoms with Crippen LogP contribution in [0, 0.1) is 5.82 Å². The van der Waals surface area contributed by atoms with E-state index in [2.05, 4.69) is 10.2 Å². The molecule has 3 nitrogen and oxygen atoms in total. The highest BCUT2D eigenvalue weighted by Gasteiger charge is 2.04. The summed E-state index contributed by atoms with van der Waals surface area (Å²) < 4.78 is 18.3. The minimum Gasteiger partial charge on any atom is -0.437 e. The van der Waals surface area contributed by atoms with Gasteiger partial charge in [0.2, 0.25) is 5.88 Å². The van der Waals surface area contributed by atoms with E-state index in [-0.39, 0.29) is 10.9 Å². The molecule has 0 amide bonds. The van der Waals surface area contributed by atoms with Gasteiger partial charge in [-0.15, -0.1) is 16.7 Å². The molecule has 88 valence electrons. The highest BCUT2D eigenvalue weighted by Crippen LogP contribution is 2.24. The topological polar surface area (TPSA) is 35.0 Å². The highest BCUT2D eigenvalue weighted by atomic mass is 35.5. The molecule has 2 rings (SSSR count). The van der Waals surface area contributed by atoms with E-state index in [1.165, 1.54) is 18.2 Å². The molecule has 0 aliphatic rings. The molecular formula is C11H7Cl2FN2O. The van der Waals surface area contributed by atoms with Crippen LogP contribution in [0.2, 0.25) is 5.02 Å². The molecule has 0 unspecified atom stereocenters. The maximum absolute atomic E-state index is 12.9. The number of benzene rings is 1. The van der Waals surface area contributed by atoms with Crippen LogP contribution in [-0.4, -0.2) is 10.2 Å². The van der Waals surface area contributed by atoms with Gasteiger partial charge in [-0.05, 0) is 18.2 Å². The second-order valence-corrected chi connectivity index (χ2v) is 3.85. The SMILES string of the molecule is Fc1ccc(Oc2ccc(CCl)nn2)cc1Cl. The maximum atomic E-state index is 12.9. The number of hydrogen-bond donors (Lipinski definition) is 0. The van der Waals surface area contributed by atoms with Crippen LogP contribution >= 0.6 is 23.2 Å². The molecule has 0 aliphatic heterocycles. The first kappa shape index (κ1) is 12.1. The van der Waals surface area contributed by atoms with Crippen LogP contribution in [0.5, 0.6) is 11.6 Å².